The highest BCUT2D eigenvalue weighted by Crippen LogP contribution is 1.99. The highest BCUT2D eigenvalue weighted by atomic mass is 16.3. The van der Waals surface area contributed by atoms with Gasteiger partial charge >= 0.3 is 0 Å². The first kappa shape index (κ1) is 5.96. The van der Waals surface area contributed by atoms with Crippen molar-refractivity contribution in [3.05, 3.63) is 29.0 Å². The molecule has 0 amide bonds. The molecule has 0 aliphatic rings. The van der Waals surface area contributed by atoms with E-state index in [1.54, 1.807) is 0 Å². The number of nitrogens with zero attached hydrogens (tertiary/aromatic N) is 3. The molecule has 11 heavy (non-hydrogen) atoms. The lowest BCUT2D eigenvalue weighted by Gasteiger charge is -1.88. The van der Waals surface area contributed by atoms with Crippen molar-refractivity contribution in [1.82, 2.24) is 15.2 Å². The molecule has 0 saturated carbocycles. The third-order valence-corrected chi connectivity index (χ3v) is 1.25. The quantitative estimate of drug-likeness (QED) is 0.526. The first-order valence-electron chi connectivity index (χ1n) is 2.93. The molecule has 2 rings (SSSR count). The summed E-state index contributed by atoms with van der Waals surface area (Å²) in [5.41, 5.74) is -0.131. The van der Waals surface area contributed by atoms with E-state index in [0.29, 0.717) is 5.39 Å². The fraction of sp³-hybridized carbons (Fsp3) is 0. The number of fused-ring (bicyclic) bond motifs is 1. The molecule has 0 saturated heterocycles. The van der Waals surface area contributed by atoms with Crippen LogP contribution in [0.25, 0.3) is 11.1 Å². The highest BCUT2D eigenvalue weighted by molar-refractivity contribution is 5.69. The van der Waals surface area contributed by atoms with Crippen molar-refractivity contribution in [3.63, 3.8) is 0 Å². The van der Waals surface area contributed by atoms with Crippen LogP contribution in [0.1, 0.15) is 0 Å². The van der Waals surface area contributed by atoms with Crippen LogP contribution in [0.5, 0.6) is 0 Å². The lowest BCUT2D eigenvalue weighted by molar-refractivity contribution is 0.558. The summed E-state index contributed by atoms with van der Waals surface area (Å²) in [5, 5.41) is 7.48. The van der Waals surface area contributed by atoms with Gasteiger partial charge in [0.15, 0.2) is 6.39 Å². The van der Waals surface area contributed by atoms with Gasteiger partial charge in [0.1, 0.15) is 5.39 Å². The first-order valence-corrected chi connectivity index (χ1v) is 2.93. The number of hydrogen-bond donors (Lipinski definition) is 0. The van der Waals surface area contributed by atoms with Gasteiger partial charge in [-0.15, -0.1) is 5.10 Å². The van der Waals surface area contributed by atoms with Crippen LogP contribution in [0.3, 0.4) is 0 Å². The summed E-state index contributed by atoms with van der Waals surface area (Å²) in [6.45, 7) is 0. The standard InChI is InChI=1S/C6H3N3O2/c10-5-4-1-2-8-9-6(4)11-3-7-5/h1-3H. The summed E-state index contributed by atoms with van der Waals surface area (Å²) < 4.78 is 4.81. The van der Waals surface area contributed by atoms with Gasteiger partial charge in [0, 0.05) is 0 Å². The SMILES string of the molecule is O=c1ncoc2nnccc12. The molecular formula is C6H3N3O2. The van der Waals surface area contributed by atoms with E-state index in [1.807, 2.05) is 0 Å². The second-order valence-corrected chi connectivity index (χ2v) is 1.91. The van der Waals surface area contributed by atoms with Crippen LogP contribution in [0, 0.1) is 0 Å². The Morgan fingerprint density at radius 1 is 1.45 bits per heavy atom. The van der Waals surface area contributed by atoms with E-state index in [-0.39, 0.29) is 11.3 Å². The fourth-order valence-electron chi connectivity index (χ4n) is 0.762. The molecule has 0 radical (unpaired) electrons. The first-order chi connectivity index (χ1) is 5.38. The highest BCUT2D eigenvalue weighted by Gasteiger charge is 1.99. The third-order valence-electron chi connectivity index (χ3n) is 1.25. The Hall–Kier alpha value is -1.78. The fourth-order valence-corrected chi connectivity index (χ4v) is 0.762. The molecule has 0 N–H and O–H groups in total. The van der Waals surface area contributed by atoms with Gasteiger partial charge in [0.25, 0.3) is 11.3 Å². The molecule has 5 heteroatoms. The minimum Gasteiger partial charge on any atom is -0.425 e. The predicted octanol–water partition coefficient (Wildman–Crippen LogP) is -0.0220. The molecule has 0 aromatic carbocycles. The van der Waals surface area contributed by atoms with Crippen LogP contribution in [0.4, 0.5) is 0 Å². The van der Waals surface area contributed by atoms with E-state index in [1.165, 1.54) is 12.3 Å². The summed E-state index contributed by atoms with van der Waals surface area (Å²) in [7, 11) is 0. The van der Waals surface area contributed by atoms with E-state index >= 15 is 0 Å². The largest absolute Gasteiger partial charge is 0.425 e. The van der Waals surface area contributed by atoms with Crippen LogP contribution >= 0.6 is 0 Å². The van der Waals surface area contributed by atoms with Crippen LogP contribution in [0.15, 0.2) is 27.9 Å². The lowest BCUT2D eigenvalue weighted by atomic mass is 10.4. The molecule has 5 nitrogen and oxygen atoms in total. The summed E-state index contributed by atoms with van der Waals surface area (Å²) in [4.78, 5) is 14.4. The Morgan fingerprint density at radius 3 is 3.18 bits per heavy atom. The average Bonchev–Trinajstić information content (AvgIpc) is 2.06. The second kappa shape index (κ2) is 2.12. The van der Waals surface area contributed by atoms with Crippen molar-refractivity contribution in [1.29, 1.82) is 0 Å². The monoisotopic (exact) mass is 149 g/mol. The maximum absolute atomic E-state index is 10.9. The van der Waals surface area contributed by atoms with Gasteiger partial charge in [0.2, 0.25) is 0 Å². The molecule has 0 aliphatic heterocycles. The van der Waals surface area contributed by atoms with Gasteiger partial charge in [-0.25, -0.2) is 0 Å². The van der Waals surface area contributed by atoms with E-state index in [0.717, 1.165) is 6.39 Å². The van der Waals surface area contributed by atoms with Gasteiger partial charge in [-0.3, -0.25) is 4.79 Å². The number of rotatable bonds is 0. The Balaban J connectivity index is 3.03. The molecule has 2 aromatic rings. The van der Waals surface area contributed by atoms with Crippen LogP contribution in [-0.2, 0) is 0 Å². The van der Waals surface area contributed by atoms with E-state index < -0.39 is 0 Å². The van der Waals surface area contributed by atoms with Crippen molar-refractivity contribution in [2.45, 2.75) is 0 Å². The molecule has 0 atom stereocenters. The molecule has 0 fully saturated rings. The Labute approximate surface area is 60.7 Å². The molecule has 2 heterocycles. The Kier molecular flexibility index (Phi) is 1.15. The molecule has 2 aromatic heterocycles. The lowest BCUT2D eigenvalue weighted by Crippen LogP contribution is -2.05. The van der Waals surface area contributed by atoms with Crippen molar-refractivity contribution in [3.8, 4) is 0 Å². The molecular weight excluding hydrogens is 146 g/mol. The zero-order chi connectivity index (χ0) is 7.68. The van der Waals surface area contributed by atoms with Crippen LogP contribution in [0.2, 0.25) is 0 Å². The van der Waals surface area contributed by atoms with Gasteiger partial charge in [-0.05, 0) is 6.07 Å². The predicted molar refractivity (Wildman–Crippen MR) is 35.9 cm³/mol. The van der Waals surface area contributed by atoms with Gasteiger partial charge in [-0.1, -0.05) is 0 Å². The van der Waals surface area contributed by atoms with Gasteiger partial charge in [-0.2, -0.15) is 10.1 Å². The average molecular weight is 149 g/mol. The number of hydrogen-bond acceptors (Lipinski definition) is 5. The minimum absolute atomic E-state index is 0.215. The zero-order valence-corrected chi connectivity index (χ0v) is 5.39. The second-order valence-electron chi connectivity index (χ2n) is 1.91. The molecule has 0 spiro atoms. The van der Waals surface area contributed by atoms with Crippen molar-refractivity contribution < 1.29 is 4.42 Å². The summed E-state index contributed by atoms with van der Waals surface area (Å²) in [6, 6.07) is 1.52. The maximum Gasteiger partial charge on any atom is 0.285 e. The minimum atomic E-state index is -0.346. The van der Waals surface area contributed by atoms with Gasteiger partial charge in [0.05, 0.1) is 6.20 Å². The normalized spacial score (nSPS) is 10.2. The maximum atomic E-state index is 10.9. The van der Waals surface area contributed by atoms with E-state index in [9.17, 15) is 4.79 Å². The molecule has 54 valence electrons. The van der Waals surface area contributed by atoms with Crippen molar-refractivity contribution >= 4 is 11.1 Å². The molecule has 0 unspecified atom stereocenters. The van der Waals surface area contributed by atoms with Crippen LogP contribution in [-0.4, -0.2) is 15.2 Å². The third kappa shape index (κ3) is 0.861. The summed E-state index contributed by atoms with van der Waals surface area (Å²) >= 11 is 0. The van der Waals surface area contributed by atoms with E-state index in [2.05, 4.69) is 15.2 Å². The zero-order valence-electron chi connectivity index (χ0n) is 5.39. The summed E-state index contributed by atoms with van der Waals surface area (Å²) in [6.07, 6.45) is 2.47. The Morgan fingerprint density at radius 2 is 2.36 bits per heavy atom. The molecule has 0 bridgehead atoms. The van der Waals surface area contributed by atoms with Gasteiger partial charge < -0.3 is 4.42 Å². The Bertz CT molecular complexity index is 432. The smallest absolute Gasteiger partial charge is 0.285 e. The van der Waals surface area contributed by atoms with Crippen LogP contribution < -0.4 is 5.56 Å². The number of aromatic nitrogens is 3. The van der Waals surface area contributed by atoms with Crippen molar-refractivity contribution in [2.24, 2.45) is 0 Å². The summed E-state index contributed by atoms with van der Waals surface area (Å²) in [5.74, 6) is 0. The molecule has 0 aliphatic carbocycles. The topological polar surface area (TPSA) is 68.9 Å². The van der Waals surface area contributed by atoms with Crippen molar-refractivity contribution in [2.75, 3.05) is 0 Å². The van der Waals surface area contributed by atoms with E-state index in [4.69, 9.17) is 4.42 Å².